The number of aliphatic hydroxyl groups is 1. The number of aromatic nitrogens is 2. The molecule has 1 aromatic heterocycles. The quantitative estimate of drug-likeness (QED) is 0.717. The van der Waals surface area contributed by atoms with Gasteiger partial charge in [-0.3, -0.25) is 0 Å². The van der Waals surface area contributed by atoms with Crippen LogP contribution in [0.25, 0.3) is 10.9 Å². The Morgan fingerprint density at radius 3 is 2.60 bits per heavy atom. The van der Waals surface area contributed by atoms with E-state index in [1.54, 1.807) is 6.20 Å². The molecule has 0 spiro atoms. The normalized spacial score (nSPS) is 26.1. The molecule has 2 fully saturated rings. The maximum atomic E-state index is 13.3. The number of para-hydroxylation sites is 1. The summed E-state index contributed by atoms with van der Waals surface area (Å²) in [6, 6.07) is 5.73. The van der Waals surface area contributed by atoms with Crippen LogP contribution in [0.2, 0.25) is 0 Å². The number of alkyl halides is 2. The number of hydrogen-bond acceptors (Lipinski definition) is 6. The van der Waals surface area contributed by atoms with Crippen molar-refractivity contribution < 1.29 is 22.3 Å². The van der Waals surface area contributed by atoms with Crippen molar-refractivity contribution in [3.63, 3.8) is 0 Å². The summed E-state index contributed by atoms with van der Waals surface area (Å²) in [5.74, 6) is 0.380. The lowest BCUT2D eigenvalue weighted by atomic mass is 9.60. The van der Waals surface area contributed by atoms with Crippen molar-refractivity contribution in [2.24, 2.45) is 5.41 Å². The molecule has 0 unspecified atom stereocenters. The third-order valence-corrected chi connectivity index (χ3v) is 7.72. The highest BCUT2D eigenvalue weighted by Crippen LogP contribution is 2.55. The number of nitrogens with one attached hydrogen (secondary N) is 1. The van der Waals surface area contributed by atoms with E-state index in [0.29, 0.717) is 31.9 Å². The van der Waals surface area contributed by atoms with Crippen LogP contribution in [0, 0.1) is 5.41 Å². The van der Waals surface area contributed by atoms with Gasteiger partial charge in [-0.25, -0.2) is 31.5 Å². The molecule has 4 rings (SSSR count). The first kappa shape index (κ1) is 21.3. The van der Waals surface area contributed by atoms with Crippen molar-refractivity contribution in [2.45, 2.75) is 44.1 Å². The average molecular weight is 441 g/mol. The van der Waals surface area contributed by atoms with Gasteiger partial charge >= 0.3 is 0 Å². The van der Waals surface area contributed by atoms with Crippen molar-refractivity contribution in [3.05, 3.63) is 30.0 Å². The lowest BCUT2D eigenvalue weighted by molar-refractivity contribution is -0.103. The van der Waals surface area contributed by atoms with Crippen LogP contribution in [0.1, 0.15) is 37.2 Å². The van der Waals surface area contributed by atoms with Gasteiger partial charge in [-0.2, -0.15) is 0 Å². The van der Waals surface area contributed by atoms with E-state index >= 15 is 0 Å². The first-order valence-corrected chi connectivity index (χ1v) is 11.9. The molecule has 2 aliphatic rings. The van der Waals surface area contributed by atoms with E-state index < -0.39 is 28.5 Å². The van der Waals surface area contributed by atoms with E-state index in [9.17, 15) is 22.3 Å². The van der Waals surface area contributed by atoms with Crippen molar-refractivity contribution in [3.8, 4) is 0 Å². The number of fused-ring (bicyclic) bond motifs is 1. The Kier molecular flexibility index (Phi) is 5.67. The van der Waals surface area contributed by atoms with Gasteiger partial charge in [0.15, 0.2) is 0 Å². The molecule has 0 amide bonds. The molecular formula is C20H26F2N4O3S. The highest BCUT2D eigenvalue weighted by molar-refractivity contribution is 7.88. The predicted molar refractivity (Wildman–Crippen MR) is 110 cm³/mol. The molecule has 30 heavy (non-hydrogen) atoms. The summed E-state index contributed by atoms with van der Waals surface area (Å²) in [6.07, 6.45) is 2.17. The second kappa shape index (κ2) is 7.97. The Morgan fingerprint density at radius 2 is 2.00 bits per heavy atom. The lowest BCUT2D eigenvalue weighted by Gasteiger charge is -2.46. The van der Waals surface area contributed by atoms with Crippen molar-refractivity contribution >= 4 is 26.9 Å². The minimum Gasteiger partial charge on any atom is -0.396 e. The molecule has 164 valence electrons. The van der Waals surface area contributed by atoms with Gasteiger partial charge in [0.05, 0.1) is 23.8 Å². The van der Waals surface area contributed by atoms with Crippen LogP contribution in [-0.4, -0.2) is 66.2 Å². The molecule has 1 saturated carbocycles. The van der Waals surface area contributed by atoms with Gasteiger partial charge in [-0.15, -0.1) is 0 Å². The summed E-state index contributed by atoms with van der Waals surface area (Å²) < 4.78 is 51.4. The maximum absolute atomic E-state index is 13.3. The van der Waals surface area contributed by atoms with E-state index in [1.807, 2.05) is 18.2 Å². The van der Waals surface area contributed by atoms with E-state index in [-0.39, 0.29) is 24.8 Å². The molecule has 1 aromatic carbocycles. The molecule has 2 heterocycles. The van der Waals surface area contributed by atoms with Crippen LogP contribution in [0.4, 0.5) is 14.7 Å². The molecule has 1 aliphatic carbocycles. The maximum Gasteiger partial charge on any atom is 0.246 e. The number of nitrogens with zero attached hydrogens (tertiary/aromatic N) is 3. The molecule has 2 aromatic rings. The summed E-state index contributed by atoms with van der Waals surface area (Å²) >= 11 is 0. The molecule has 0 radical (unpaired) electrons. The summed E-state index contributed by atoms with van der Waals surface area (Å²) in [5.41, 5.74) is 0.318. The third-order valence-electron chi connectivity index (χ3n) is 6.42. The average Bonchev–Trinajstić information content (AvgIpc) is 2.67. The smallest absolute Gasteiger partial charge is 0.246 e. The SMILES string of the molecule is CS(=O)(=O)N1CCC(Nc2ncc3cccc(C4CC(CO)(C(F)F)C4)c3n2)CC1. The van der Waals surface area contributed by atoms with E-state index in [2.05, 4.69) is 15.3 Å². The molecule has 2 N–H and O–H groups in total. The van der Waals surface area contributed by atoms with Gasteiger partial charge in [0, 0.05) is 30.7 Å². The first-order valence-electron chi connectivity index (χ1n) is 10.1. The fourth-order valence-corrected chi connectivity index (χ4v) is 5.38. The Labute approximate surface area is 174 Å². The van der Waals surface area contributed by atoms with Crippen LogP contribution in [0.15, 0.2) is 24.4 Å². The minimum absolute atomic E-state index is 0.0668. The van der Waals surface area contributed by atoms with Gasteiger partial charge < -0.3 is 10.4 Å². The summed E-state index contributed by atoms with van der Waals surface area (Å²) in [6.45, 7) is 0.391. The number of anilines is 1. The van der Waals surface area contributed by atoms with Crippen LogP contribution < -0.4 is 5.32 Å². The van der Waals surface area contributed by atoms with Gasteiger partial charge in [0.1, 0.15) is 0 Å². The lowest BCUT2D eigenvalue weighted by Crippen LogP contribution is -2.45. The van der Waals surface area contributed by atoms with E-state index in [1.165, 1.54) is 10.6 Å². The van der Waals surface area contributed by atoms with Gasteiger partial charge in [-0.05, 0) is 37.2 Å². The fraction of sp³-hybridized carbons (Fsp3) is 0.600. The molecule has 7 nitrogen and oxygen atoms in total. The molecule has 0 bridgehead atoms. The zero-order chi connectivity index (χ0) is 21.5. The van der Waals surface area contributed by atoms with E-state index in [4.69, 9.17) is 0 Å². The number of benzene rings is 1. The largest absolute Gasteiger partial charge is 0.396 e. The van der Waals surface area contributed by atoms with Crippen molar-refractivity contribution in [1.29, 1.82) is 0 Å². The van der Waals surface area contributed by atoms with Crippen LogP contribution in [0.5, 0.6) is 0 Å². The van der Waals surface area contributed by atoms with Crippen LogP contribution in [-0.2, 0) is 10.0 Å². The number of piperidine rings is 1. The number of halogens is 2. The Hall–Kier alpha value is -1.91. The fourth-order valence-electron chi connectivity index (χ4n) is 4.51. The Balaban J connectivity index is 1.50. The number of aliphatic hydroxyl groups excluding tert-OH is 1. The van der Waals surface area contributed by atoms with Crippen molar-refractivity contribution in [1.82, 2.24) is 14.3 Å². The van der Waals surface area contributed by atoms with Gasteiger partial charge in [0.2, 0.25) is 22.4 Å². The standard InChI is InChI=1S/C20H26F2N4O3S/c1-30(28,29)26-7-5-15(6-8-26)24-19-23-11-13-3-2-4-16(17(13)25-19)14-9-20(10-14,12-27)18(21)22/h2-4,11,14-15,18,27H,5-10,12H2,1H3,(H,23,24,25). The molecule has 0 atom stereocenters. The second-order valence-corrected chi connectivity index (χ2v) is 10.5. The monoisotopic (exact) mass is 440 g/mol. The van der Waals surface area contributed by atoms with E-state index in [0.717, 1.165) is 16.5 Å². The third kappa shape index (κ3) is 4.00. The van der Waals surface area contributed by atoms with Gasteiger partial charge in [0.25, 0.3) is 0 Å². The molecular weight excluding hydrogens is 414 g/mol. The van der Waals surface area contributed by atoms with Crippen molar-refractivity contribution in [2.75, 3.05) is 31.3 Å². The number of rotatable bonds is 6. The summed E-state index contributed by atoms with van der Waals surface area (Å²) in [4.78, 5) is 9.03. The zero-order valence-electron chi connectivity index (χ0n) is 16.8. The summed E-state index contributed by atoms with van der Waals surface area (Å²) in [5, 5.41) is 13.5. The second-order valence-electron chi connectivity index (χ2n) is 8.49. The predicted octanol–water partition coefficient (Wildman–Crippen LogP) is 2.59. The van der Waals surface area contributed by atoms with Crippen LogP contribution in [0.3, 0.4) is 0 Å². The minimum atomic E-state index is -3.18. The molecule has 1 aliphatic heterocycles. The Bertz CT molecular complexity index is 1020. The highest BCUT2D eigenvalue weighted by Gasteiger charge is 2.51. The summed E-state index contributed by atoms with van der Waals surface area (Å²) in [7, 11) is -3.18. The first-order chi connectivity index (χ1) is 14.2. The highest BCUT2D eigenvalue weighted by atomic mass is 32.2. The zero-order valence-corrected chi connectivity index (χ0v) is 17.6. The number of sulfonamides is 1. The topological polar surface area (TPSA) is 95.4 Å². The number of hydrogen-bond donors (Lipinski definition) is 2. The molecule has 10 heteroatoms. The molecule has 1 saturated heterocycles. The van der Waals surface area contributed by atoms with Crippen LogP contribution >= 0.6 is 0 Å². The van der Waals surface area contributed by atoms with Gasteiger partial charge in [-0.1, -0.05) is 18.2 Å². The Morgan fingerprint density at radius 1 is 1.30 bits per heavy atom.